The minimum Gasteiger partial charge on any atom is -0.307 e. The molecule has 1 aromatic carbocycles. The van der Waals surface area contributed by atoms with Gasteiger partial charge in [0.1, 0.15) is 0 Å². The van der Waals surface area contributed by atoms with Gasteiger partial charge in [-0.1, -0.05) is 48.3 Å². The van der Waals surface area contributed by atoms with Crippen LogP contribution in [0, 0.1) is 5.92 Å². The zero-order valence-electron chi connectivity index (χ0n) is 12.2. The molecule has 1 nitrogen and oxygen atoms in total. The Bertz CT molecular complexity index is 365. The Balaban J connectivity index is 1.91. The maximum Gasteiger partial charge on any atom is 0.0320 e. The topological polar surface area (TPSA) is 12.0 Å². The number of nitrogens with one attached hydrogen (secondary N) is 1. The molecule has 0 bridgehead atoms. The summed E-state index contributed by atoms with van der Waals surface area (Å²) < 4.78 is 1.16. The number of hydrogen-bond acceptors (Lipinski definition) is 1. The lowest BCUT2D eigenvalue weighted by Crippen LogP contribution is -2.35. The standard InChI is InChI=1S/C17H26BrN/c1-3-13-5-11-16(12-6-13)19-17(4-2)14-7-9-15(18)10-8-14/h7-10,13,16-17,19H,3-6,11-12H2,1-2H3. The highest BCUT2D eigenvalue weighted by atomic mass is 79.9. The minimum absolute atomic E-state index is 0.510. The predicted molar refractivity (Wildman–Crippen MR) is 86.3 cm³/mol. The van der Waals surface area contributed by atoms with Crippen LogP contribution in [0.5, 0.6) is 0 Å². The second-order valence-corrected chi connectivity index (χ2v) is 6.72. The first-order valence-electron chi connectivity index (χ1n) is 7.74. The van der Waals surface area contributed by atoms with Crippen molar-refractivity contribution in [2.45, 2.75) is 64.5 Å². The van der Waals surface area contributed by atoms with E-state index < -0.39 is 0 Å². The lowest BCUT2D eigenvalue weighted by Gasteiger charge is -2.32. The van der Waals surface area contributed by atoms with E-state index in [0.29, 0.717) is 6.04 Å². The second-order valence-electron chi connectivity index (χ2n) is 5.80. The molecule has 19 heavy (non-hydrogen) atoms. The quantitative estimate of drug-likeness (QED) is 0.758. The van der Waals surface area contributed by atoms with Gasteiger partial charge < -0.3 is 5.32 Å². The molecule has 1 atom stereocenters. The summed E-state index contributed by atoms with van der Waals surface area (Å²) in [6, 6.07) is 10.0. The maximum absolute atomic E-state index is 3.87. The molecule has 0 heterocycles. The molecule has 1 aliphatic carbocycles. The summed E-state index contributed by atoms with van der Waals surface area (Å²) >= 11 is 3.51. The third kappa shape index (κ3) is 4.32. The van der Waals surface area contributed by atoms with Crippen LogP contribution in [0.25, 0.3) is 0 Å². The molecule has 0 aromatic heterocycles. The van der Waals surface area contributed by atoms with Crippen LogP contribution in [0.1, 0.15) is 64.0 Å². The van der Waals surface area contributed by atoms with Crippen molar-refractivity contribution in [2.24, 2.45) is 5.92 Å². The van der Waals surface area contributed by atoms with E-state index in [0.717, 1.165) is 22.9 Å². The summed E-state index contributed by atoms with van der Waals surface area (Å²) in [5.74, 6) is 0.978. The molecule has 2 rings (SSSR count). The van der Waals surface area contributed by atoms with E-state index >= 15 is 0 Å². The van der Waals surface area contributed by atoms with Crippen LogP contribution < -0.4 is 5.32 Å². The number of hydrogen-bond donors (Lipinski definition) is 1. The lowest BCUT2D eigenvalue weighted by molar-refractivity contribution is 0.267. The van der Waals surface area contributed by atoms with Crippen LogP contribution in [0.3, 0.4) is 0 Å². The smallest absolute Gasteiger partial charge is 0.0320 e. The predicted octanol–water partition coefficient (Wildman–Crippen LogP) is 5.46. The van der Waals surface area contributed by atoms with Crippen molar-refractivity contribution in [1.29, 1.82) is 0 Å². The monoisotopic (exact) mass is 323 g/mol. The molecule has 2 heteroatoms. The van der Waals surface area contributed by atoms with Crippen molar-refractivity contribution in [3.05, 3.63) is 34.3 Å². The van der Waals surface area contributed by atoms with E-state index in [2.05, 4.69) is 59.4 Å². The Morgan fingerprint density at radius 1 is 1.11 bits per heavy atom. The van der Waals surface area contributed by atoms with E-state index in [4.69, 9.17) is 0 Å². The molecule has 0 amide bonds. The zero-order chi connectivity index (χ0) is 13.7. The van der Waals surface area contributed by atoms with Gasteiger partial charge in [-0.3, -0.25) is 0 Å². The Labute approximate surface area is 126 Å². The first kappa shape index (κ1) is 15.1. The number of benzene rings is 1. The highest BCUT2D eigenvalue weighted by Crippen LogP contribution is 2.29. The van der Waals surface area contributed by atoms with Gasteiger partial charge in [0, 0.05) is 16.6 Å². The van der Waals surface area contributed by atoms with Gasteiger partial charge in [0.15, 0.2) is 0 Å². The first-order chi connectivity index (χ1) is 9.22. The molecule has 1 fully saturated rings. The third-order valence-electron chi connectivity index (χ3n) is 4.54. The molecule has 1 unspecified atom stereocenters. The van der Waals surface area contributed by atoms with Crippen molar-refractivity contribution in [3.63, 3.8) is 0 Å². The van der Waals surface area contributed by atoms with Gasteiger partial charge in [-0.25, -0.2) is 0 Å². The van der Waals surface area contributed by atoms with Gasteiger partial charge in [0.25, 0.3) is 0 Å². The largest absolute Gasteiger partial charge is 0.307 e. The molecule has 0 spiro atoms. The molecule has 0 saturated heterocycles. The molecule has 0 aliphatic heterocycles. The van der Waals surface area contributed by atoms with Gasteiger partial charge in [0.05, 0.1) is 0 Å². The molecule has 1 saturated carbocycles. The lowest BCUT2D eigenvalue weighted by atomic mass is 9.84. The molecule has 1 aliphatic rings. The fourth-order valence-electron chi connectivity index (χ4n) is 3.17. The molecular weight excluding hydrogens is 298 g/mol. The van der Waals surface area contributed by atoms with E-state index in [1.54, 1.807) is 0 Å². The van der Waals surface area contributed by atoms with Crippen LogP contribution in [0.2, 0.25) is 0 Å². The summed E-state index contributed by atoms with van der Waals surface area (Å²) in [4.78, 5) is 0. The maximum atomic E-state index is 3.87. The minimum atomic E-state index is 0.510. The van der Waals surface area contributed by atoms with Crippen molar-refractivity contribution in [1.82, 2.24) is 5.32 Å². The van der Waals surface area contributed by atoms with Crippen LogP contribution in [-0.2, 0) is 0 Å². The summed E-state index contributed by atoms with van der Waals surface area (Å²) in [7, 11) is 0. The first-order valence-corrected chi connectivity index (χ1v) is 8.53. The van der Waals surface area contributed by atoms with Crippen LogP contribution >= 0.6 is 15.9 Å². The van der Waals surface area contributed by atoms with Crippen molar-refractivity contribution in [2.75, 3.05) is 0 Å². The SMILES string of the molecule is CCC1CCC(NC(CC)c2ccc(Br)cc2)CC1. The summed E-state index contributed by atoms with van der Waals surface area (Å²) in [6.45, 7) is 4.60. The van der Waals surface area contributed by atoms with Gasteiger partial charge in [-0.15, -0.1) is 0 Å². The molecule has 106 valence electrons. The average Bonchev–Trinajstić information content (AvgIpc) is 2.46. The fourth-order valence-corrected chi connectivity index (χ4v) is 3.43. The van der Waals surface area contributed by atoms with Gasteiger partial charge in [-0.05, 0) is 55.7 Å². The van der Waals surface area contributed by atoms with Gasteiger partial charge in [-0.2, -0.15) is 0 Å². The molecule has 1 aromatic rings. The second kappa shape index (κ2) is 7.44. The fraction of sp³-hybridized carbons (Fsp3) is 0.647. The zero-order valence-corrected chi connectivity index (χ0v) is 13.7. The summed E-state index contributed by atoms with van der Waals surface area (Å²) in [6.07, 6.45) is 8.04. The van der Waals surface area contributed by atoms with Crippen molar-refractivity contribution in [3.8, 4) is 0 Å². The van der Waals surface area contributed by atoms with Crippen LogP contribution in [0.4, 0.5) is 0 Å². The number of halogens is 1. The highest BCUT2D eigenvalue weighted by molar-refractivity contribution is 9.10. The third-order valence-corrected chi connectivity index (χ3v) is 5.07. The van der Waals surface area contributed by atoms with Gasteiger partial charge >= 0.3 is 0 Å². The van der Waals surface area contributed by atoms with Crippen LogP contribution in [0.15, 0.2) is 28.7 Å². The molecular formula is C17H26BrN. The molecule has 0 radical (unpaired) electrons. The van der Waals surface area contributed by atoms with E-state index in [1.807, 2.05) is 0 Å². The average molecular weight is 324 g/mol. The highest BCUT2D eigenvalue weighted by Gasteiger charge is 2.22. The Morgan fingerprint density at radius 3 is 2.26 bits per heavy atom. The van der Waals surface area contributed by atoms with E-state index in [-0.39, 0.29) is 0 Å². The Morgan fingerprint density at radius 2 is 1.74 bits per heavy atom. The van der Waals surface area contributed by atoms with Crippen molar-refractivity contribution < 1.29 is 0 Å². The number of rotatable bonds is 5. The van der Waals surface area contributed by atoms with Crippen LogP contribution in [-0.4, -0.2) is 6.04 Å². The Kier molecular flexibility index (Phi) is 5.90. The summed E-state index contributed by atoms with van der Waals surface area (Å²) in [5.41, 5.74) is 1.42. The van der Waals surface area contributed by atoms with E-state index in [9.17, 15) is 0 Å². The van der Waals surface area contributed by atoms with E-state index in [1.165, 1.54) is 37.7 Å². The summed E-state index contributed by atoms with van der Waals surface area (Å²) in [5, 5.41) is 3.87. The van der Waals surface area contributed by atoms with Crippen molar-refractivity contribution >= 4 is 15.9 Å². The normalized spacial score (nSPS) is 25.2. The Hall–Kier alpha value is -0.340. The molecule has 1 N–H and O–H groups in total. The van der Waals surface area contributed by atoms with Gasteiger partial charge in [0.2, 0.25) is 0 Å².